The fourth-order valence-electron chi connectivity index (χ4n) is 3.81. The van der Waals surface area contributed by atoms with Crippen molar-refractivity contribution in [2.24, 2.45) is 0 Å². The number of hydrogen-bond donors (Lipinski definition) is 1. The number of aromatic nitrogens is 2. The van der Waals surface area contributed by atoms with Crippen LogP contribution in [0.15, 0.2) is 72.8 Å². The molecule has 4 rings (SSSR count). The molecule has 0 saturated heterocycles. The van der Waals surface area contributed by atoms with E-state index in [4.69, 9.17) is 9.84 Å². The van der Waals surface area contributed by atoms with Crippen molar-refractivity contribution < 1.29 is 13.9 Å². The zero-order chi connectivity index (χ0) is 24.1. The number of hydrogen-bond acceptors (Lipinski definition) is 3. The molecule has 0 aliphatic heterocycles. The minimum Gasteiger partial charge on any atom is -0.497 e. The molecule has 0 saturated carbocycles. The molecule has 5 nitrogen and oxygen atoms in total. The Balaban J connectivity index is 1.50. The SMILES string of the molecule is COc1ccc(-n2nc(CCC(=O)NCc3cc(C)ccc3C)cc2-c2ccc(F)cc2)cc1. The van der Waals surface area contributed by atoms with Gasteiger partial charge >= 0.3 is 0 Å². The number of amides is 1. The molecule has 6 heteroatoms. The average molecular weight is 458 g/mol. The summed E-state index contributed by atoms with van der Waals surface area (Å²) < 4.78 is 20.6. The average Bonchev–Trinajstić information content (AvgIpc) is 3.28. The van der Waals surface area contributed by atoms with Gasteiger partial charge < -0.3 is 10.1 Å². The van der Waals surface area contributed by atoms with Crippen LogP contribution in [-0.4, -0.2) is 22.8 Å². The molecular formula is C28H28FN3O2. The number of carbonyl (C=O) groups excluding carboxylic acids is 1. The first-order valence-electron chi connectivity index (χ1n) is 11.2. The Kier molecular flexibility index (Phi) is 7.07. The van der Waals surface area contributed by atoms with Crippen molar-refractivity contribution in [3.8, 4) is 22.7 Å². The molecule has 1 heterocycles. The lowest BCUT2D eigenvalue weighted by atomic mass is 10.1. The van der Waals surface area contributed by atoms with E-state index in [0.717, 1.165) is 39.5 Å². The van der Waals surface area contributed by atoms with Gasteiger partial charge in [0.2, 0.25) is 5.91 Å². The largest absolute Gasteiger partial charge is 0.497 e. The van der Waals surface area contributed by atoms with Crippen LogP contribution in [0.25, 0.3) is 16.9 Å². The van der Waals surface area contributed by atoms with Crippen molar-refractivity contribution in [3.63, 3.8) is 0 Å². The van der Waals surface area contributed by atoms with E-state index in [0.29, 0.717) is 19.4 Å². The first-order chi connectivity index (χ1) is 16.4. The zero-order valence-electron chi connectivity index (χ0n) is 19.6. The van der Waals surface area contributed by atoms with Crippen LogP contribution in [0.2, 0.25) is 0 Å². The van der Waals surface area contributed by atoms with Crippen LogP contribution >= 0.6 is 0 Å². The molecule has 0 unspecified atom stereocenters. The minimum absolute atomic E-state index is 0.0248. The van der Waals surface area contributed by atoms with E-state index in [2.05, 4.69) is 23.5 Å². The van der Waals surface area contributed by atoms with E-state index in [1.54, 1.807) is 19.2 Å². The maximum absolute atomic E-state index is 13.5. The molecule has 1 amide bonds. The number of carbonyl (C=O) groups is 1. The van der Waals surface area contributed by atoms with Crippen LogP contribution in [0.3, 0.4) is 0 Å². The second-order valence-electron chi connectivity index (χ2n) is 8.34. The fraction of sp³-hybridized carbons (Fsp3) is 0.214. The Morgan fingerprint density at radius 1 is 1.00 bits per heavy atom. The van der Waals surface area contributed by atoms with Gasteiger partial charge in [-0.3, -0.25) is 4.79 Å². The number of rotatable bonds is 8. The summed E-state index contributed by atoms with van der Waals surface area (Å²) in [6.45, 7) is 4.60. The predicted molar refractivity (Wildman–Crippen MR) is 132 cm³/mol. The van der Waals surface area contributed by atoms with Crippen molar-refractivity contribution in [2.45, 2.75) is 33.2 Å². The third kappa shape index (κ3) is 5.52. The summed E-state index contributed by atoms with van der Waals surface area (Å²) in [5, 5.41) is 7.76. The van der Waals surface area contributed by atoms with Gasteiger partial charge in [0.25, 0.3) is 0 Å². The molecule has 0 fully saturated rings. The number of nitrogens with zero attached hydrogens (tertiary/aromatic N) is 2. The minimum atomic E-state index is -0.292. The molecule has 4 aromatic rings. The van der Waals surface area contributed by atoms with Crippen LogP contribution in [0.5, 0.6) is 5.75 Å². The molecule has 1 aromatic heterocycles. The van der Waals surface area contributed by atoms with Crippen LogP contribution < -0.4 is 10.1 Å². The standard InChI is InChI=1S/C28H28FN3O2/c1-19-4-5-20(2)22(16-19)18-30-28(33)15-10-24-17-27(21-6-8-23(29)9-7-21)32(31-24)25-11-13-26(34-3)14-12-25/h4-9,11-14,16-17H,10,15,18H2,1-3H3,(H,30,33). The molecular weight excluding hydrogens is 429 g/mol. The zero-order valence-corrected chi connectivity index (χ0v) is 19.6. The number of aryl methyl sites for hydroxylation is 3. The summed E-state index contributed by atoms with van der Waals surface area (Å²) in [4.78, 5) is 12.5. The van der Waals surface area contributed by atoms with Crippen LogP contribution in [-0.2, 0) is 17.8 Å². The van der Waals surface area contributed by atoms with E-state index in [1.807, 2.05) is 48.9 Å². The monoisotopic (exact) mass is 457 g/mol. The van der Waals surface area contributed by atoms with Crippen molar-refractivity contribution in [1.82, 2.24) is 15.1 Å². The van der Waals surface area contributed by atoms with Gasteiger partial charge in [0.15, 0.2) is 0 Å². The summed E-state index contributed by atoms with van der Waals surface area (Å²) in [7, 11) is 1.62. The van der Waals surface area contributed by atoms with Gasteiger partial charge in [0.05, 0.1) is 24.2 Å². The van der Waals surface area contributed by atoms with Gasteiger partial charge in [-0.25, -0.2) is 9.07 Å². The van der Waals surface area contributed by atoms with Gasteiger partial charge in [-0.15, -0.1) is 0 Å². The topological polar surface area (TPSA) is 56.2 Å². The van der Waals surface area contributed by atoms with Crippen molar-refractivity contribution in [3.05, 3.63) is 101 Å². The quantitative estimate of drug-likeness (QED) is 0.377. The van der Waals surface area contributed by atoms with Crippen molar-refractivity contribution >= 4 is 5.91 Å². The first-order valence-corrected chi connectivity index (χ1v) is 11.2. The molecule has 0 radical (unpaired) electrons. The number of halogens is 1. The summed E-state index contributed by atoms with van der Waals surface area (Å²) in [6.07, 6.45) is 0.823. The Labute approximate surface area is 199 Å². The van der Waals surface area contributed by atoms with Crippen LogP contribution in [0.4, 0.5) is 4.39 Å². The van der Waals surface area contributed by atoms with Gasteiger partial charge in [0.1, 0.15) is 11.6 Å². The summed E-state index contributed by atoms with van der Waals surface area (Å²) >= 11 is 0. The number of ether oxygens (including phenoxy) is 1. The lowest BCUT2D eigenvalue weighted by Crippen LogP contribution is -2.23. The Bertz CT molecular complexity index is 1280. The molecule has 174 valence electrons. The smallest absolute Gasteiger partial charge is 0.220 e. The molecule has 0 bridgehead atoms. The first kappa shape index (κ1) is 23.2. The Morgan fingerprint density at radius 2 is 1.74 bits per heavy atom. The van der Waals surface area contributed by atoms with Gasteiger partial charge in [-0.2, -0.15) is 5.10 Å². The third-order valence-electron chi connectivity index (χ3n) is 5.81. The highest BCUT2D eigenvalue weighted by Crippen LogP contribution is 2.26. The molecule has 34 heavy (non-hydrogen) atoms. The highest BCUT2D eigenvalue weighted by Gasteiger charge is 2.14. The molecule has 3 aromatic carbocycles. The van der Waals surface area contributed by atoms with E-state index < -0.39 is 0 Å². The number of methoxy groups -OCH3 is 1. The molecule has 0 atom stereocenters. The number of nitrogens with one attached hydrogen (secondary N) is 1. The molecule has 1 N–H and O–H groups in total. The van der Waals surface area contributed by atoms with Gasteiger partial charge in [0, 0.05) is 24.9 Å². The third-order valence-corrected chi connectivity index (χ3v) is 5.81. The Hall–Kier alpha value is -3.93. The lowest BCUT2D eigenvalue weighted by molar-refractivity contribution is -0.121. The normalized spacial score (nSPS) is 10.8. The highest BCUT2D eigenvalue weighted by molar-refractivity contribution is 5.76. The van der Waals surface area contributed by atoms with Crippen LogP contribution in [0.1, 0.15) is 28.8 Å². The Morgan fingerprint density at radius 3 is 2.44 bits per heavy atom. The molecule has 0 aliphatic rings. The van der Waals surface area contributed by atoms with Gasteiger partial charge in [-0.05, 0) is 79.6 Å². The van der Waals surface area contributed by atoms with Gasteiger partial charge in [-0.1, -0.05) is 23.8 Å². The highest BCUT2D eigenvalue weighted by atomic mass is 19.1. The maximum atomic E-state index is 13.5. The van der Waals surface area contributed by atoms with Crippen LogP contribution in [0, 0.1) is 19.7 Å². The van der Waals surface area contributed by atoms with Crippen molar-refractivity contribution in [1.29, 1.82) is 0 Å². The lowest BCUT2D eigenvalue weighted by Gasteiger charge is -2.09. The van der Waals surface area contributed by atoms with E-state index in [1.165, 1.54) is 17.7 Å². The second kappa shape index (κ2) is 10.3. The van der Waals surface area contributed by atoms with Crippen molar-refractivity contribution in [2.75, 3.05) is 7.11 Å². The van der Waals surface area contributed by atoms with E-state index in [9.17, 15) is 9.18 Å². The summed E-state index contributed by atoms with van der Waals surface area (Å²) in [6, 6.07) is 22.1. The molecule has 0 spiro atoms. The summed E-state index contributed by atoms with van der Waals surface area (Å²) in [5.74, 6) is 0.434. The molecule has 0 aliphatic carbocycles. The predicted octanol–water partition coefficient (Wildman–Crippen LogP) is 5.55. The summed E-state index contributed by atoms with van der Waals surface area (Å²) in [5.41, 5.74) is 6.77. The van der Waals surface area contributed by atoms with E-state index in [-0.39, 0.29) is 11.7 Å². The fourth-order valence-corrected chi connectivity index (χ4v) is 3.81. The second-order valence-corrected chi connectivity index (χ2v) is 8.34. The maximum Gasteiger partial charge on any atom is 0.220 e. The number of benzene rings is 3. The van der Waals surface area contributed by atoms with E-state index >= 15 is 0 Å².